The van der Waals surface area contributed by atoms with Crippen molar-refractivity contribution in [2.75, 3.05) is 39.1 Å². The van der Waals surface area contributed by atoms with Crippen molar-refractivity contribution in [2.45, 2.75) is 33.6 Å². The summed E-state index contributed by atoms with van der Waals surface area (Å²) < 4.78 is 31.2. The maximum absolute atomic E-state index is 11.7. The van der Waals surface area contributed by atoms with Crippen LogP contribution in [0.25, 0.3) is 0 Å². The van der Waals surface area contributed by atoms with Gasteiger partial charge in [0.05, 0.1) is 5.75 Å². The molecule has 0 amide bonds. The van der Waals surface area contributed by atoms with Gasteiger partial charge in [-0.15, -0.1) is 0 Å². The number of ether oxygens (including phenoxy) is 1. The average Bonchev–Trinajstić information content (AvgIpc) is 2.30. The molecule has 0 aromatic rings. The lowest BCUT2D eigenvalue weighted by molar-refractivity contribution is 0.153. The summed E-state index contributed by atoms with van der Waals surface area (Å²) in [6, 6.07) is 0. The first-order chi connectivity index (χ1) is 8.33. The van der Waals surface area contributed by atoms with E-state index in [-0.39, 0.29) is 11.2 Å². The minimum Gasteiger partial charge on any atom is -0.385 e. The van der Waals surface area contributed by atoms with Gasteiger partial charge < -0.3 is 10.1 Å². The van der Waals surface area contributed by atoms with Crippen molar-refractivity contribution in [3.63, 3.8) is 0 Å². The Balaban J connectivity index is 3.94. The summed E-state index contributed by atoms with van der Waals surface area (Å²) in [6.45, 7) is 8.79. The van der Waals surface area contributed by atoms with E-state index in [1.165, 1.54) is 0 Å². The second-order valence-electron chi connectivity index (χ2n) is 5.25. The van der Waals surface area contributed by atoms with Gasteiger partial charge in [-0.3, -0.25) is 0 Å². The van der Waals surface area contributed by atoms with E-state index in [2.05, 4.69) is 10.0 Å². The largest absolute Gasteiger partial charge is 0.385 e. The molecule has 0 rings (SSSR count). The molecule has 6 heteroatoms. The molecule has 5 nitrogen and oxygen atoms in total. The maximum atomic E-state index is 11.7. The van der Waals surface area contributed by atoms with Crippen LogP contribution in [0.4, 0.5) is 0 Å². The Morgan fingerprint density at radius 2 is 1.94 bits per heavy atom. The number of methoxy groups -OCH3 is 1. The molecule has 0 aliphatic rings. The zero-order valence-electron chi connectivity index (χ0n) is 12.1. The number of hydrogen-bond donors (Lipinski definition) is 2. The fourth-order valence-corrected chi connectivity index (χ4v) is 2.69. The smallest absolute Gasteiger partial charge is 0.211 e. The zero-order chi connectivity index (χ0) is 14.1. The van der Waals surface area contributed by atoms with Crippen molar-refractivity contribution in [2.24, 2.45) is 5.41 Å². The molecule has 0 aliphatic carbocycles. The van der Waals surface area contributed by atoms with E-state index < -0.39 is 10.0 Å². The topological polar surface area (TPSA) is 67.4 Å². The van der Waals surface area contributed by atoms with Gasteiger partial charge in [0.2, 0.25) is 10.0 Å². The summed E-state index contributed by atoms with van der Waals surface area (Å²) >= 11 is 0. The zero-order valence-corrected chi connectivity index (χ0v) is 12.9. The van der Waals surface area contributed by atoms with Crippen LogP contribution in [0.2, 0.25) is 0 Å². The Labute approximate surface area is 112 Å². The van der Waals surface area contributed by atoms with Gasteiger partial charge in [-0.05, 0) is 31.3 Å². The van der Waals surface area contributed by atoms with Crippen molar-refractivity contribution in [3.8, 4) is 0 Å². The van der Waals surface area contributed by atoms with Gasteiger partial charge in [0.15, 0.2) is 0 Å². The molecular weight excluding hydrogens is 252 g/mol. The lowest BCUT2D eigenvalue weighted by atomic mass is 9.90. The highest BCUT2D eigenvalue weighted by Crippen LogP contribution is 2.19. The van der Waals surface area contributed by atoms with Crippen molar-refractivity contribution in [1.29, 1.82) is 0 Å². The summed E-state index contributed by atoms with van der Waals surface area (Å²) in [5.41, 5.74) is -0.0786. The summed E-state index contributed by atoms with van der Waals surface area (Å²) in [6.07, 6.45) is 1.48. The lowest BCUT2D eigenvalue weighted by Gasteiger charge is -2.24. The Kier molecular flexibility index (Phi) is 8.77. The summed E-state index contributed by atoms with van der Waals surface area (Å²) in [5, 5.41) is 3.11. The van der Waals surface area contributed by atoms with Crippen LogP contribution in [-0.4, -0.2) is 47.5 Å². The fraction of sp³-hybridized carbons (Fsp3) is 1.00. The predicted octanol–water partition coefficient (Wildman–Crippen LogP) is 0.968. The van der Waals surface area contributed by atoms with Crippen molar-refractivity contribution < 1.29 is 13.2 Å². The van der Waals surface area contributed by atoms with E-state index in [1.54, 1.807) is 7.11 Å². The van der Waals surface area contributed by atoms with Crippen LogP contribution in [-0.2, 0) is 14.8 Å². The molecule has 2 N–H and O–H groups in total. The molecule has 0 aromatic heterocycles. The number of sulfonamides is 1. The fourth-order valence-electron chi connectivity index (χ4n) is 1.41. The molecule has 0 unspecified atom stereocenters. The minimum absolute atomic E-state index is 0.0786. The Morgan fingerprint density at radius 3 is 2.50 bits per heavy atom. The van der Waals surface area contributed by atoms with E-state index in [0.29, 0.717) is 19.6 Å². The van der Waals surface area contributed by atoms with E-state index >= 15 is 0 Å². The number of hydrogen-bond acceptors (Lipinski definition) is 4. The first-order valence-corrected chi connectivity index (χ1v) is 8.15. The minimum atomic E-state index is -3.15. The molecule has 18 heavy (non-hydrogen) atoms. The SMILES string of the molecule is CCNCCCS(=O)(=O)NCC(C)(C)CCOC. The van der Waals surface area contributed by atoms with E-state index in [0.717, 1.165) is 19.5 Å². The molecule has 0 bridgehead atoms. The van der Waals surface area contributed by atoms with Crippen molar-refractivity contribution in [1.82, 2.24) is 10.0 Å². The van der Waals surface area contributed by atoms with Gasteiger partial charge in [-0.25, -0.2) is 13.1 Å². The third-order valence-corrected chi connectivity index (χ3v) is 4.18. The number of nitrogens with one attached hydrogen (secondary N) is 2. The molecular formula is C12H28N2O3S. The van der Waals surface area contributed by atoms with E-state index in [4.69, 9.17) is 4.74 Å². The summed E-state index contributed by atoms with van der Waals surface area (Å²) in [4.78, 5) is 0. The van der Waals surface area contributed by atoms with Crippen LogP contribution in [0.15, 0.2) is 0 Å². The quantitative estimate of drug-likeness (QED) is 0.553. The van der Waals surface area contributed by atoms with Gasteiger partial charge in [-0.1, -0.05) is 20.8 Å². The van der Waals surface area contributed by atoms with Gasteiger partial charge in [0, 0.05) is 20.3 Å². The molecule has 0 radical (unpaired) electrons. The molecule has 0 fully saturated rings. The standard InChI is InChI=1S/C12H28N2O3S/c1-5-13-8-6-10-18(15,16)14-11-12(2,3)7-9-17-4/h13-14H,5-11H2,1-4H3. The third-order valence-electron chi connectivity index (χ3n) is 2.77. The van der Waals surface area contributed by atoms with Crippen LogP contribution in [0.3, 0.4) is 0 Å². The predicted molar refractivity (Wildman–Crippen MR) is 75.2 cm³/mol. The molecule has 0 aliphatic heterocycles. The molecule has 0 spiro atoms. The lowest BCUT2D eigenvalue weighted by Crippen LogP contribution is -2.36. The Morgan fingerprint density at radius 1 is 1.28 bits per heavy atom. The molecule has 0 saturated heterocycles. The average molecular weight is 280 g/mol. The van der Waals surface area contributed by atoms with Crippen LogP contribution in [0.1, 0.15) is 33.6 Å². The molecule has 110 valence electrons. The molecule has 0 atom stereocenters. The molecule has 0 saturated carbocycles. The van der Waals surface area contributed by atoms with E-state index in [9.17, 15) is 8.42 Å². The monoisotopic (exact) mass is 280 g/mol. The first kappa shape index (κ1) is 17.8. The summed E-state index contributed by atoms with van der Waals surface area (Å²) in [7, 11) is -1.50. The van der Waals surface area contributed by atoms with Crippen LogP contribution in [0.5, 0.6) is 0 Å². The Hall–Kier alpha value is -0.170. The normalized spacial score (nSPS) is 12.9. The highest BCUT2D eigenvalue weighted by molar-refractivity contribution is 7.89. The van der Waals surface area contributed by atoms with Gasteiger partial charge in [0.25, 0.3) is 0 Å². The van der Waals surface area contributed by atoms with Crippen LogP contribution < -0.4 is 10.0 Å². The highest BCUT2D eigenvalue weighted by Gasteiger charge is 2.20. The second kappa shape index (κ2) is 8.85. The van der Waals surface area contributed by atoms with Gasteiger partial charge in [-0.2, -0.15) is 0 Å². The van der Waals surface area contributed by atoms with Gasteiger partial charge in [0.1, 0.15) is 0 Å². The second-order valence-corrected chi connectivity index (χ2v) is 7.18. The van der Waals surface area contributed by atoms with Crippen LogP contribution >= 0.6 is 0 Å². The van der Waals surface area contributed by atoms with Crippen molar-refractivity contribution in [3.05, 3.63) is 0 Å². The van der Waals surface area contributed by atoms with E-state index in [1.807, 2.05) is 20.8 Å². The number of rotatable bonds is 11. The maximum Gasteiger partial charge on any atom is 0.211 e. The highest BCUT2D eigenvalue weighted by atomic mass is 32.2. The summed E-state index contributed by atoms with van der Waals surface area (Å²) in [5.74, 6) is 0.181. The van der Waals surface area contributed by atoms with Crippen molar-refractivity contribution >= 4 is 10.0 Å². The molecule has 0 heterocycles. The Bertz CT molecular complexity index is 302. The molecule has 0 aromatic carbocycles. The first-order valence-electron chi connectivity index (χ1n) is 6.50. The van der Waals surface area contributed by atoms with Crippen LogP contribution in [0, 0.1) is 5.41 Å². The van der Waals surface area contributed by atoms with Gasteiger partial charge >= 0.3 is 0 Å². The third kappa shape index (κ3) is 9.82.